The smallest absolute Gasteiger partial charge is 0.257 e. The maximum atomic E-state index is 13.3. The summed E-state index contributed by atoms with van der Waals surface area (Å²) in [7, 11) is 5.05. The molecule has 3 heterocycles. The summed E-state index contributed by atoms with van der Waals surface area (Å²) in [6.45, 7) is 3.82. The Morgan fingerprint density at radius 2 is 1.81 bits per heavy atom. The first-order valence-corrected chi connectivity index (χ1v) is 9.74. The van der Waals surface area contributed by atoms with Crippen LogP contribution in [0.25, 0.3) is 5.65 Å². The second kappa shape index (κ2) is 8.10. The number of rotatable bonds is 6. The first-order valence-electron chi connectivity index (χ1n) is 9.74. The standard InChI is InChI=1S/C22H24N6O3/c1-13-8-14(2)28-20(25-13)18(12-24-28)22(29)26-19(21-23-6-7-27(21)3)15-9-16(30-4)11-17(10-15)31-5/h6-12,19H,1-5H3,(H,26,29)/t19-/m0/s1. The van der Waals surface area contributed by atoms with Gasteiger partial charge in [0.2, 0.25) is 0 Å². The van der Waals surface area contributed by atoms with Crippen LogP contribution in [0.5, 0.6) is 11.5 Å². The molecule has 4 rings (SSSR count). The Kier molecular flexibility index (Phi) is 5.33. The van der Waals surface area contributed by atoms with Crippen molar-refractivity contribution in [2.75, 3.05) is 14.2 Å². The van der Waals surface area contributed by atoms with Crippen LogP contribution >= 0.6 is 0 Å². The number of nitrogens with one attached hydrogen (secondary N) is 1. The number of nitrogens with zero attached hydrogens (tertiary/aromatic N) is 5. The van der Waals surface area contributed by atoms with E-state index in [1.165, 1.54) is 6.20 Å². The molecule has 0 spiro atoms. The van der Waals surface area contributed by atoms with Gasteiger partial charge in [0, 0.05) is 36.9 Å². The third kappa shape index (κ3) is 3.81. The third-order valence-corrected chi connectivity index (χ3v) is 5.12. The molecule has 1 N–H and O–H groups in total. The zero-order valence-corrected chi connectivity index (χ0v) is 18.1. The van der Waals surface area contributed by atoms with Crippen molar-refractivity contribution in [3.63, 3.8) is 0 Å². The fraction of sp³-hybridized carbons (Fsp3) is 0.273. The minimum absolute atomic E-state index is 0.303. The zero-order chi connectivity index (χ0) is 22.1. The highest BCUT2D eigenvalue weighted by Gasteiger charge is 2.25. The monoisotopic (exact) mass is 420 g/mol. The van der Waals surface area contributed by atoms with Crippen molar-refractivity contribution in [1.82, 2.24) is 29.5 Å². The van der Waals surface area contributed by atoms with Crippen molar-refractivity contribution in [3.8, 4) is 11.5 Å². The Morgan fingerprint density at radius 1 is 1.10 bits per heavy atom. The van der Waals surface area contributed by atoms with Gasteiger partial charge < -0.3 is 19.4 Å². The Morgan fingerprint density at radius 3 is 2.42 bits per heavy atom. The summed E-state index contributed by atoms with van der Waals surface area (Å²) in [5.41, 5.74) is 3.39. The first-order chi connectivity index (χ1) is 14.9. The highest BCUT2D eigenvalue weighted by Crippen LogP contribution is 2.30. The van der Waals surface area contributed by atoms with Gasteiger partial charge in [0.05, 0.1) is 20.4 Å². The average Bonchev–Trinajstić information content (AvgIpc) is 3.37. The fourth-order valence-electron chi connectivity index (χ4n) is 3.59. The molecular weight excluding hydrogens is 396 g/mol. The van der Waals surface area contributed by atoms with E-state index in [0.717, 1.165) is 17.0 Å². The first kappa shape index (κ1) is 20.4. The van der Waals surface area contributed by atoms with Gasteiger partial charge in [-0.15, -0.1) is 0 Å². The van der Waals surface area contributed by atoms with Crippen molar-refractivity contribution in [3.05, 3.63) is 71.2 Å². The van der Waals surface area contributed by atoms with Crippen LogP contribution in [0.1, 0.15) is 39.2 Å². The quantitative estimate of drug-likeness (QED) is 0.515. The highest BCUT2D eigenvalue weighted by molar-refractivity contribution is 6.00. The van der Waals surface area contributed by atoms with Gasteiger partial charge in [-0.3, -0.25) is 4.79 Å². The maximum absolute atomic E-state index is 13.3. The summed E-state index contributed by atoms with van der Waals surface area (Å²) in [4.78, 5) is 22.3. The van der Waals surface area contributed by atoms with E-state index >= 15 is 0 Å². The summed E-state index contributed by atoms with van der Waals surface area (Å²) in [5.74, 6) is 1.60. The number of aryl methyl sites for hydroxylation is 3. The number of hydrogen-bond acceptors (Lipinski definition) is 6. The summed E-state index contributed by atoms with van der Waals surface area (Å²) in [5, 5.41) is 7.41. The van der Waals surface area contributed by atoms with Crippen molar-refractivity contribution >= 4 is 11.6 Å². The van der Waals surface area contributed by atoms with Crippen LogP contribution in [0.4, 0.5) is 0 Å². The van der Waals surface area contributed by atoms with Crippen molar-refractivity contribution in [2.45, 2.75) is 19.9 Å². The molecule has 3 aromatic heterocycles. The molecule has 0 saturated heterocycles. The number of methoxy groups -OCH3 is 2. The van der Waals surface area contributed by atoms with Crippen LogP contribution in [0.3, 0.4) is 0 Å². The second-order valence-electron chi connectivity index (χ2n) is 7.28. The van der Waals surface area contributed by atoms with Crippen molar-refractivity contribution < 1.29 is 14.3 Å². The van der Waals surface area contributed by atoms with E-state index in [0.29, 0.717) is 28.5 Å². The van der Waals surface area contributed by atoms with Gasteiger partial charge >= 0.3 is 0 Å². The largest absolute Gasteiger partial charge is 0.497 e. The normalized spacial score (nSPS) is 12.0. The molecule has 0 aliphatic heterocycles. The van der Waals surface area contributed by atoms with E-state index in [9.17, 15) is 4.79 Å². The predicted molar refractivity (Wildman–Crippen MR) is 115 cm³/mol. The van der Waals surface area contributed by atoms with Crippen LogP contribution < -0.4 is 14.8 Å². The Hall–Kier alpha value is -3.88. The van der Waals surface area contributed by atoms with E-state index in [1.54, 1.807) is 31.0 Å². The molecule has 1 aromatic carbocycles. The lowest BCUT2D eigenvalue weighted by Crippen LogP contribution is -2.31. The van der Waals surface area contributed by atoms with Crippen LogP contribution in [0.2, 0.25) is 0 Å². The van der Waals surface area contributed by atoms with Gasteiger partial charge in [0.1, 0.15) is 28.9 Å². The van der Waals surface area contributed by atoms with Crippen LogP contribution in [0, 0.1) is 13.8 Å². The van der Waals surface area contributed by atoms with Gasteiger partial charge in [-0.1, -0.05) is 0 Å². The molecule has 0 bridgehead atoms. The minimum atomic E-state index is -0.544. The number of fused-ring (bicyclic) bond motifs is 1. The molecule has 31 heavy (non-hydrogen) atoms. The summed E-state index contributed by atoms with van der Waals surface area (Å²) in [6.07, 6.45) is 5.05. The van der Waals surface area contributed by atoms with E-state index in [-0.39, 0.29) is 5.91 Å². The molecule has 0 radical (unpaired) electrons. The molecule has 9 nitrogen and oxygen atoms in total. The molecule has 0 aliphatic carbocycles. The molecule has 4 aromatic rings. The van der Waals surface area contributed by atoms with Crippen LogP contribution in [-0.4, -0.2) is 44.3 Å². The third-order valence-electron chi connectivity index (χ3n) is 5.12. The number of amides is 1. The van der Waals surface area contributed by atoms with Crippen LogP contribution in [0.15, 0.2) is 42.9 Å². The molecule has 9 heteroatoms. The number of imidazole rings is 1. The van der Waals surface area contributed by atoms with E-state index in [1.807, 2.05) is 49.9 Å². The number of hydrogen-bond donors (Lipinski definition) is 1. The lowest BCUT2D eigenvalue weighted by molar-refractivity contribution is 0.0942. The topological polar surface area (TPSA) is 95.6 Å². The van der Waals surface area contributed by atoms with Crippen molar-refractivity contribution in [2.24, 2.45) is 7.05 Å². The predicted octanol–water partition coefficient (Wildman–Crippen LogP) is 2.62. The SMILES string of the molecule is COc1cc(OC)cc([C@H](NC(=O)c2cnn3c(C)cc(C)nc23)c2nccn2C)c1. The Bertz CT molecular complexity index is 1240. The summed E-state index contributed by atoms with van der Waals surface area (Å²) >= 11 is 0. The highest BCUT2D eigenvalue weighted by atomic mass is 16.5. The maximum Gasteiger partial charge on any atom is 0.257 e. The van der Waals surface area contributed by atoms with Gasteiger partial charge in [-0.05, 0) is 37.6 Å². The Labute approximate surface area is 179 Å². The zero-order valence-electron chi connectivity index (χ0n) is 18.1. The molecule has 0 saturated carbocycles. The number of aromatic nitrogens is 5. The van der Waals surface area contributed by atoms with Crippen LogP contribution in [-0.2, 0) is 7.05 Å². The second-order valence-corrected chi connectivity index (χ2v) is 7.28. The lowest BCUT2D eigenvalue weighted by Gasteiger charge is -2.20. The molecule has 0 aliphatic rings. The van der Waals surface area contributed by atoms with Gasteiger partial charge in [0.25, 0.3) is 5.91 Å². The number of ether oxygens (including phenoxy) is 2. The number of carbonyl (C=O) groups excluding carboxylic acids is 1. The lowest BCUT2D eigenvalue weighted by atomic mass is 10.0. The number of benzene rings is 1. The summed E-state index contributed by atoms with van der Waals surface area (Å²) in [6, 6.07) is 6.86. The fourth-order valence-corrected chi connectivity index (χ4v) is 3.59. The molecule has 160 valence electrons. The van der Waals surface area contributed by atoms with E-state index in [2.05, 4.69) is 20.4 Å². The average molecular weight is 420 g/mol. The van der Waals surface area contributed by atoms with Crippen molar-refractivity contribution in [1.29, 1.82) is 0 Å². The van der Waals surface area contributed by atoms with Gasteiger partial charge in [0.15, 0.2) is 5.65 Å². The van der Waals surface area contributed by atoms with Gasteiger partial charge in [-0.2, -0.15) is 5.10 Å². The molecule has 1 atom stereocenters. The molecule has 1 amide bonds. The number of carbonyl (C=O) groups is 1. The molecule has 0 unspecified atom stereocenters. The van der Waals surface area contributed by atoms with E-state index in [4.69, 9.17) is 9.47 Å². The minimum Gasteiger partial charge on any atom is -0.497 e. The molecular formula is C22H24N6O3. The van der Waals surface area contributed by atoms with Gasteiger partial charge in [-0.25, -0.2) is 14.5 Å². The molecule has 0 fully saturated rings. The Balaban J connectivity index is 1.78. The van der Waals surface area contributed by atoms with E-state index < -0.39 is 6.04 Å². The summed E-state index contributed by atoms with van der Waals surface area (Å²) < 4.78 is 14.3.